The summed E-state index contributed by atoms with van der Waals surface area (Å²) in [6, 6.07) is 14.2. The van der Waals surface area contributed by atoms with E-state index in [-0.39, 0.29) is 30.1 Å². The molecule has 3 rings (SSSR count). The topological polar surface area (TPSA) is 66.5 Å². The van der Waals surface area contributed by atoms with Crippen molar-refractivity contribution in [1.29, 1.82) is 0 Å². The first-order valence-electron chi connectivity index (χ1n) is 8.43. The van der Waals surface area contributed by atoms with Crippen molar-refractivity contribution >= 4 is 29.4 Å². The van der Waals surface area contributed by atoms with Gasteiger partial charge in [-0.25, -0.2) is 0 Å². The summed E-state index contributed by atoms with van der Waals surface area (Å²) in [6.45, 7) is 2.94. The van der Waals surface area contributed by atoms with Crippen molar-refractivity contribution in [1.82, 2.24) is 4.90 Å². The molecule has 0 radical (unpaired) electrons. The van der Waals surface area contributed by atoms with Crippen molar-refractivity contribution in [3.05, 3.63) is 71.4 Å². The summed E-state index contributed by atoms with van der Waals surface area (Å²) < 4.78 is 0. The van der Waals surface area contributed by atoms with Gasteiger partial charge in [0.2, 0.25) is 11.8 Å². The lowest BCUT2D eigenvalue weighted by Gasteiger charge is -2.32. The highest BCUT2D eigenvalue weighted by molar-refractivity contribution is 6.03. The number of benzene rings is 2. The number of hydrogen-bond acceptors (Lipinski definition) is 3. The minimum absolute atomic E-state index is 0.104. The summed E-state index contributed by atoms with van der Waals surface area (Å²) in [5.41, 5.74) is 2.87. The molecule has 1 N–H and O–H groups in total. The van der Waals surface area contributed by atoms with Crippen LogP contribution < -0.4 is 5.32 Å². The fourth-order valence-corrected chi connectivity index (χ4v) is 3.19. The van der Waals surface area contributed by atoms with Crippen LogP contribution in [-0.2, 0) is 9.59 Å². The van der Waals surface area contributed by atoms with E-state index in [1.165, 1.54) is 13.8 Å². The summed E-state index contributed by atoms with van der Waals surface area (Å²) in [7, 11) is 0. The van der Waals surface area contributed by atoms with E-state index in [9.17, 15) is 14.4 Å². The van der Waals surface area contributed by atoms with Crippen LogP contribution in [0.15, 0.2) is 54.7 Å². The van der Waals surface area contributed by atoms with Crippen LogP contribution in [0.3, 0.4) is 0 Å². The van der Waals surface area contributed by atoms with Crippen molar-refractivity contribution < 1.29 is 14.4 Å². The molecule has 2 amide bonds. The molecular formula is C21H20N2O3. The van der Waals surface area contributed by atoms with E-state index in [2.05, 4.69) is 5.32 Å². The number of nitrogens with zero attached hydrogens (tertiary/aromatic N) is 1. The van der Waals surface area contributed by atoms with Crippen molar-refractivity contribution in [3.63, 3.8) is 0 Å². The molecule has 26 heavy (non-hydrogen) atoms. The van der Waals surface area contributed by atoms with Gasteiger partial charge in [0, 0.05) is 18.7 Å². The van der Waals surface area contributed by atoms with Gasteiger partial charge in [0.15, 0.2) is 5.78 Å². The van der Waals surface area contributed by atoms with Gasteiger partial charge in [-0.15, -0.1) is 0 Å². The lowest BCUT2D eigenvalue weighted by Crippen LogP contribution is -2.33. The molecule has 0 bridgehead atoms. The van der Waals surface area contributed by atoms with Gasteiger partial charge in [-0.3, -0.25) is 14.4 Å². The highest BCUT2D eigenvalue weighted by Gasteiger charge is 2.28. The van der Waals surface area contributed by atoms with E-state index in [1.54, 1.807) is 35.4 Å². The maximum Gasteiger partial charge on any atom is 0.226 e. The van der Waals surface area contributed by atoms with Crippen LogP contribution in [0.2, 0.25) is 0 Å². The normalized spacial score (nSPS) is 15.3. The summed E-state index contributed by atoms with van der Waals surface area (Å²) in [4.78, 5) is 37.9. The maximum atomic E-state index is 12.6. The monoisotopic (exact) mass is 348 g/mol. The molecule has 1 heterocycles. The van der Waals surface area contributed by atoms with E-state index in [0.717, 1.165) is 11.1 Å². The van der Waals surface area contributed by atoms with Crippen molar-refractivity contribution in [2.45, 2.75) is 26.3 Å². The van der Waals surface area contributed by atoms with E-state index < -0.39 is 0 Å². The van der Waals surface area contributed by atoms with Gasteiger partial charge in [0.1, 0.15) is 0 Å². The van der Waals surface area contributed by atoms with Crippen molar-refractivity contribution in [2.75, 3.05) is 5.32 Å². The Bertz CT molecular complexity index is 902. The number of amides is 2. The van der Waals surface area contributed by atoms with Crippen LogP contribution >= 0.6 is 0 Å². The summed E-state index contributed by atoms with van der Waals surface area (Å²) in [5, 5.41) is 2.81. The van der Waals surface area contributed by atoms with Crippen molar-refractivity contribution in [3.8, 4) is 0 Å². The number of nitrogens with one attached hydrogen (secondary N) is 1. The highest BCUT2D eigenvalue weighted by atomic mass is 16.2. The molecule has 1 atom stereocenters. The molecule has 2 aromatic rings. The second-order valence-electron chi connectivity index (χ2n) is 6.24. The molecule has 5 nitrogen and oxygen atoms in total. The predicted molar refractivity (Wildman–Crippen MR) is 100 cm³/mol. The number of carbonyl (C=O) groups excluding carboxylic acids is 3. The summed E-state index contributed by atoms with van der Waals surface area (Å²) >= 11 is 0. The Hall–Kier alpha value is -3.21. The Kier molecular flexibility index (Phi) is 4.98. The Morgan fingerprint density at radius 1 is 1.00 bits per heavy atom. The molecule has 0 unspecified atom stereocenters. The minimum atomic E-state index is -0.377. The second-order valence-corrected chi connectivity index (χ2v) is 6.24. The number of fused-ring (bicyclic) bond motifs is 1. The number of ketones is 1. The van der Waals surface area contributed by atoms with Gasteiger partial charge in [0.25, 0.3) is 0 Å². The van der Waals surface area contributed by atoms with Gasteiger partial charge < -0.3 is 10.2 Å². The Labute approximate surface area is 152 Å². The molecular weight excluding hydrogens is 328 g/mol. The molecule has 0 spiro atoms. The lowest BCUT2D eigenvalue weighted by molar-refractivity contribution is -0.129. The van der Waals surface area contributed by atoms with Gasteiger partial charge in [-0.05, 0) is 36.3 Å². The molecule has 0 saturated heterocycles. The highest BCUT2D eigenvalue weighted by Crippen LogP contribution is 2.33. The molecule has 0 aliphatic carbocycles. The summed E-state index contributed by atoms with van der Waals surface area (Å²) in [6.07, 6.45) is 3.69. The van der Waals surface area contributed by atoms with Gasteiger partial charge >= 0.3 is 0 Å². The average Bonchev–Trinajstić information content (AvgIpc) is 2.62. The zero-order valence-corrected chi connectivity index (χ0v) is 14.7. The standard InChI is InChI=1S/C21H20N2O3/c1-14(24)17-8-5-6-10-19(17)22-21(26)13-20-18-9-4-3-7-16(18)11-12-23(20)15(2)25/h3-12,20H,13H2,1-2H3,(H,22,26)/t20-/m1/s1. The minimum Gasteiger partial charge on any atom is -0.325 e. The smallest absolute Gasteiger partial charge is 0.226 e. The summed E-state index contributed by atoms with van der Waals surface area (Å²) in [5.74, 6) is -0.491. The van der Waals surface area contributed by atoms with Crippen LogP contribution in [0.4, 0.5) is 5.69 Å². The van der Waals surface area contributed by atoms with Crippen LogP contribution in [0.1, 0.15) is 47.8 Å². The number of Topliss-reactive ketones (excluding diaryl/α,β-unsaturated/α-hetero) is 1. The van der Waals surface area contributed by atoms with Gasteiger partial charge in [-0.2, -0.15) is 0 Å². The first-order chi connectivity index (χ1) is 12.5. The molecule has 5 heteroatoms. The van der Waals surface area contributed by atoms with Gasteiger partial charge in [-0.1, -0.05) is 36.4 Å². The van der Waals surface area contributed by atoms with Crippen LogP contribution in [0, 0.1) is 0 Å². The van der Waals surface area contributed by atoms with E-state index in [4.69, 9.17) is 0 Å². The molecule has 2 aromatic carbocycles. The first kappa shape index (κ1) is 17.6. The zero-order chi connectivity index (χ0) is 18.7. The predicted octanol–water partition coefficient (Wildman–Crippen LogP) is 3.79. The molecule has 132 valence electrons. The lowest BCUT2D eigenvalue weighted by atomic mass is 9.93. The molecule has 1 aliphatic rings. The van der Waals surface area contributed by atoms with Crippen LogP contribution in [0.25, 0.3) is 6.08 Å². The second kappa shape index (κ2) is 7.35. The maximum absolute atomic E-state index is 12.6. The van der Waals surface area contributed by atoms with E-state index in [0.29, 0.717) is 11.3 Å². The van der Waals surface area contributed by atoms with E-state index >= 15 is 0 Å². The Morgan fingerprint density at radius 2 is 1.69 bits per heavy atom. The van der Waals surface area contributed by atoms with Crippen molar-refractivity contribution in [2.24, 2.45) is 0 Å². The van der Waals surface area contributed by atoms with Gasteiger partial charge in [0.05, 0.1) is 18.2 Å². The van der Waals surface area contributed by atoms with Crippen LogP contribution in [-0.4, -0.2) is 22.5 Å². The third-order valence-corrected chi connectivity index (χ3v) is 4.43. The third kappa shape index (κ3) is 3.57. The number of rotatable bonds is 4. The number of anilines is 1. The third-order valence-electron chi connectivity index (χ3n) is 4.43. The number of hydrogen-bond donors (Lipinski definition) is 1. The Morgan fingerprint density at radius 3 is 2.42 bits per heavy atom. The quantitative estimate of drug-likeness (QED) is 0.855. The SMILES string of the molecule is CC(=O)c1ccccc1NC(=O)C[C@@H]1c2ccccc2C=CN1C(C)=O. The molecule has 1 aliphatic heterocycles. The molecule has 0 saturated carbocycles. The fraction of sp³-hybridized carbons (Fsp3) is 0.190. The fourth-order valence-electron chi connectivity index (χ4n) is 3.19. The van der Waals surface area contributed by atoms with E-state index in [1.807, 2.05) is 30.3 Å². The number of carbonyl (C=O) groups is 3. The molecule has 0 aromatic heterocycles. The largest absolute Gasteiger partial charge is 0.325 e. The Balaban J connectivity index is 1.84. The number of para-hydroxylation sites is 1. The average molecular weight is 348 g/mol. The zero-order valence-electron chi connectivity index (χ0n) is 14.7. The molecule has 0 fully saturated rings. The first-order valence-corrected chi connectivity index (χ1v) is 8.43. The van der Waals surface area contributed by atoms with Crippen LogP contribution in [0.5, 0.6) is 0 Å².